The zero-order valence-electron chi connectivity index (χ0n) is 21.7. The fraction of sp³-hybridized carbons (Fsp3) is 0.357. The van der Waals surface area contributed by atoms with Gasteiger partial charge in [0.25, 0.3) is 10.0 Å². The van der Waals surface area contributed by atoms with Gasteiger partial charge < -0.3 is 18.9 Å². The summed E-state index contributed by atoms with van der Waals surface area (Å²) in [7, 11) is 2.61. The Kier molecular flexibility index (Phi) is 8.45. The highest BCUT2D eigenvalue weighted by atomic mass is 32.2. The summed E-state index contributed by atoms with van der Waals surface area (Å²) in [5.41, 5.74) is 1.59. The minimum absolute atomic E-state index is 0.194. The van der Waals surface area contributed by atoms with E-state index >= 15 is 0 Å². The molecule has 0 unspecified atom stereocenters. The van der Waals surface area contributed by atoms with Crippen LogP contribution in [0.15, 0.2) is 71.6 Å². The van der Waals surface area contributed by atoms with Crippen LogP contribution in [0.25, 0.3) is 0 Å². The number of hydrogen-bond donors (Lipinski definition) is 0. The van der Waals surface area contributed by atoms with E-state index in [1.54, 1.807) is 63.1 Å². The van der Waals surface area contributed by atoms with Gasteiger partial charge in [0.1, 0.15) is 5.75 Å². The van der Waals surface area contributed by atoms with Crippen LogP contribution in [0.4, 0.5) is 5.69 Å². The molecule has 1 aliphatic rings. The topological polar surface area (TPSA) is 77.5 Å². The van der Waals surface area contributed by atoms with Crippen molar-refractivity contribution in [3.05, 3.63) is 72.3 Å². The average Bonchev–Trinajstić information content (AvgIpc) is 2.94. The van der Waals surface area contributed by atoms with E-state index in [1.165, 1.54) is 0 Å². The van der Waals surface area contributed by atoms with Crippen LogP contribution in [0, 0.1) is 0 Å². The molecule has 0 amide bonds. The van der Waals surface area contributed by atoms with Crippen LogP contribution in [-0.2, 0) is 16.6 Å². The van der Waals surface area contributed by atoms with Crippen molar-refractivity contribution in [2.24, 2.45) is 0 Å². The van der Waals surface area contributed by atoms with Crippen LogP contribution >= 0.6 is 0 Å². The van der Waals surface area contributed by atoms with Crippen LogP contribution < -0.4 is 23.3 Å². The molecule has 1 heterocycles. The average molecular weight is 527 g/mol. The van der Waals surface area contributed by atoms with Crippen LogP contribution in [0.3, 0.4) is 0 Å². The second-order valence-corrected chi connectivity index (χ2v) is 10.6. The number of ether oxygens (including phenoxy) is 4. The van der Waals surface area contributed by atoms with Crippen LogP contribution in [0.2, 0.25) is 0 Å². The second kappa shape index (κ2) is 11.7. The van der Waals surface area contributed by atoms with Crippen molar-refractivity contribution in [3.63, 3.8) is 0 Å². The van der Waals surface area contributed by atoms with E-state index in [9.17, 15) is 8.42 Å². The summed E-state index contributed by atoms with van der Waals surface area (Å²) in [5.74, 6) is 2.44. The maximum atomic E-state index is 13.8. The van der Waals surface area contributed by atoms with Gasteiger partial charge in [-0.05, 0) is 43.2 Å². The molecule has 9 heteroatoms. The fourth-order valence-electron chi connectivity index (χ4n) is 4.84. The maximum Gasteiger partial charge on any atom is 0.264 e. The normalized spacial score (nSPS) is 14.7. The third-order valence-corrected chi connectivity index (χ3v) is 8.57. The van der Waals surface area contributed by atoms with Gasteiger partial charge in [-0.3, -0.25) is 9.21 Å². The number of benzene rings is 3. The molecule has 0 aliphatic carbocycles. The summed E-state index contributed by atoms with van der Waals surface area (Å²) in [6, 6.07) is 19.5. The molecule has 4 rings (SSSR count). The molecular formula is C28H34N2O6S. The summed E-state index contributed by atoms with van der Waals surface area (Å²) < 4.78 is 51.2. The van der Waals surface area contributed by atoms with Crippen molar-refractivity contribution in [2.45, 2.75) is 30.3 Å². The Morgan fingerprint density at radius 2 is 1.51 bits per heavy atom. The van der Waals surface area contributed by atoms with Gasteiger partial charge in [0.2, 0.25) is 5.75 Å². The number of methoxy groups -OCH3 is 4. The van der Waals surface area contributed by atoms with Gasteiger partial charge in [0.05, 0.1) is 39.0 Å². The van der Waals surface area contributed by atoms with Crippen LogP contribution in [-0.4, -0.2) is 60.9 Å². The van der Waals surface area contributed by atoms with Crippen LogP contribution in [0.1, 0.15) is 18.4 Å². The maximum absolute atomic E-state index is 13.8. The molecule has 3 aromatic rings. The van der Waals surface area contributed by atoms with Gasteiger partial charge in [0.15, 0.2) is 11.5 Å². The smallest absolute Gasteiger partial charge is 0.264 e. The lowest BCUT2D eigenvalue weighted by Crippen LogP contribution is -2.47. The Hall–Kier alpha value is -3.43. The summed E-state index contributed by atoms with van der Waals surface area (Å²) in [4.78, 5) is 2.58. The molecule has 3 aromatic carbocycles. The lowest BCUT2D eigenvalue weighted by Gasteiger charge is -2.39. The van der Waals surface area contributed by atoms with E-state index in [4.69, 9.17) is 18.9 Å². The summed E-state index contributed by atoms with van der Waals surface area (Å²) in [6.45, 7) is 2.11. The predicted octanol–water partition coefficient (Wildman–Crippen LogP) is 4.58. The number of nitrogens with zero attached hydrogens (tertiary/aromatic N) is 2. The number of anilines is 1. The highest BCUT2D eigenvalue weighted by Crippen LogP contribution is 2.40. The molecule has 0 N–H and O–H groups in total. The van der Waals surface area contributed by atoms with Gasteiger partial charge >= 0.3 is 0 Å². The first-order valence-electron chi connectivity index (χ1n) is 12.2. The summed E-state index contributed by atoms with van der Waals surface area (Å²) in [6.07, 6.45) is 1.36. The third-order valence-electron chi connectivity index (χ3n) is 6.68. The first-order chi connectivity index (χ1) is 17.9. The summed E-state index contributed by atoms with van der Waals surface area (Å²) >= 11 is 0. The van der Waals surface area contributed by atoms with E-state index in [2.05, 4.69) is 4.90 Å². The Bertz CT molecular complexity index is 1290. The zero-order valence-corrected chi connectivity index (χ0v) is 22.5. The number of rotatable bonds is 10. The van der Waals surface area contributed by atoms with E-state index < -0.39 is 10.0 Å². The molecule has 0 radical (unpaired) electrons. The van der Waals surface area contributed by atoms with Crippen molar-refractivity contribution in [3.8, 4) is 23.0 Å². The molecule has 198 valence electrons. The second-order valence-electron chi connectivity index (χ2n) is 8.82. The van der Waals surface area contributed by atoms with Gasteiger partial charge in [-0.1, -0.05) is 30.3 Å². The van der Waals surface area contributed by atoms with Gasteiger partial charge in [-0.2, -0.15) is 0 Å². The largest absolute Gasteiger partial charge is 0.497 e. The molecule has 0 saturated carbocycles. The molecule has 0 bridgehead atoms. The molecular weight excluding hydrogens is 492 g/mol. The van der Waals surface area contributed by atoms with Crippen molar-refractivity contribution in [2.75, 3.05) is 45.8 Å². The molecule has 1 fully saturated rings. The number of sulfonamides is 1. The van der Waals surface area contributed by atoms with E-state index in [-0.39, 0.29) is 10.9 Å². The van der Waals surface area contributed by atoms with Crippen LogP contribution in [0.5, 0.6) is 23.0 Å². The van der Waals surface area contributed by atoms with Crippen molar-refractivity contribution < 1.29 is 27.4 Å². The minimum atomic E-state index is -3.77. The first kappa shape index (κ1) is 26.6. The Balaban J connectivity index is 1.58. The van der Waals surface area contributed by atoms with Crippen molar-refractivity contribution >= 4 is 15.7 Å². The molecule has 0 spiro atoms. The van der Waals surface area contributed by atoms with E-state index in [1.807, 2.05) is 36.4 Å². The highest BCUT2D eigenvalue weighted by molar-refractivity contribution is 7.92. The Labute approximate surface area is 219 Å². The molecule has 1 saturated heterocycles. The zero-order chi connectivity index (χ0) is 26.4. The van der Waals surface area contributed by atoms with Gasteiger partial charge in [0, 0.05) is 37.3 Å². The Morgan fingerprint density at radius 1 is 0.811 bits per heavy atom. The minimum Gasteiger partial charge on any atom is -0.497 e. The van der Waals surface area contributed by atoms with Gasteiger partial charge in [-0.15, -0.1) is 0 Å². The molecule has 0 atom stereocenters. The lowest BCUT2D eigenvalue weighted by molar-refractivity contribution is 0.203. The van der Waals surface area contributed by atoms with E-state index in [0.717, 1.165) is 18.7 Å². The number of piperidine rings is 1. The predicted molar refractivity (Wildman–Crippen MR) is 143 cm³/mol. The highest BCUT2D eigenvalue weighted by Gasteiger charge is 2.34. The van der Waals surface area contributed by atoms with Crippen molar-refractivity contribution in [1.82, 2.24) is 4.90 Å². The molecule has 1 aliphatic heterocycles. The van der Waals surface area contributed by atoms with Crippen molar-refractivity contribution in [1.29, 1.82) is 0 Å². The van der Waals surface area contributed by atoms with Gasteiger partial charge in [-0.25, -0.2) is 8.42 Å². The SMILES string of the molecule is COc1cccc(N(C2CCN(Cc3ccc(OC)c(OC)c3OC)CC2)S(=O)(=O)c2ccccc2)c1. The first-order valence-corrected chi connectivity index (χ1v) is 13.6. The molecule has 37 heavy (non-hydrogen) atoms. The molecule has 8 nitrogen and oxygen atoms in total. The fourth-order valence-corrected chi connectivity index (χ4v) is 6.56. The third kappa shape index (κ3) is 5.62. The molecule has 0 aromatic heterocycles. The number of likely N-dealkylation sites (tertiary alicyclic amines) is 1. The number of hydrogen-bond acceptors (Lipinski definition) is 7. The monoisotopic (exact) mass is 526 g/mol. The standard InChI is InChI=1S/C28H34N2O6S/c1-33-24-10-8-9-23(19-24)30(37(31,32)25-11-6-5-7-12-25)22-15-17-29(18-16-22)20-21-13-14-26(34-2)28(36-4)27(21)35-3/h5-14,19,22H,15-18,20H2,1-4H3. The quantitative estimate of drug-likeness (QED) is 0.383. The van der Waals surface area contributed by atoms with E-state index in [0.29, 0.717) is 48.1 Å². The lowest BCUT2D eigenvalue weighted by atomic mass is 10.0. The summed E-state index contributed by atoms with van der Waals surface area (Å²) in [5, 5.41) is 0. The Morgan fingerprint density at radius 3 is 2.14 bits per heavy atom.